The van der Waals surface area contributed by atoms with Crippen LogP contribution in [0.25, 0.3) is 0 Å². The standard InChI is InChI=1S/C26H21F3N6O2/c27-26(28,29)19-3-1-4-20(13-19)35-21-15-34(11-2-10-33-12-9-31-16-33)24(36)22(21)23(32-25(35)37)18-7-5-17(14-30)6-8-18/h1,3-9,12-13,16,23H,2,10-11,15H2,(H,32,37)/t23-/m1/s1. The molecule has 0 bridgehead atoms. The van der Waals surface area contributed by atoms with Crippen LogP contribution in [-0.4, -0.2) is 39.5 Å². The number of aryl methyl sites for hydroxylation is 1. The minimum Gasteiger partial charge on any atom is -0.337 e. The van der Waals surface area contributed by atoms with E-state index in [-0.39, 0.29) is 18.1 Å². The van der Waals surface area contributed by atoms with E-state index in [1.165, 1.54) is 12.1 Å². The van der Waals surface area contributed by atoms with E-state index in [0.29, 0.717) is 41.9 Å². The second kappa shape index (κ2) is 9.46. The number of urea groups is 1. The van der Waals surface area contributed by atoms with Crippen molar-refractivity contribution in [3.8, 4) is 6.07 Å². The number of hydrogen-bond acceptors (Lipinski definition) is 4. The van der Waals surface area contributed by atoms with Crippen LogP contribution in [0.15, 0.2) is 78.5 Å². The van der Waals surface area contributed by atoms with Gasteiger partial charge >= 0.3 is 12.2 Å². The highest BCUT2D eigenvalue weighted by Gasteiger charge is 2.44. The summed E-state index contributed by atoms with van der Waals surface area (Å²) in [4.78, 5) is 33.6. The molecule has 2 aliphatic rings. The maximum Gasteiger partial charge on any atom is 0.416 e. The molecule has 11 heteroatoms. The zero-order valence-corrected chi connectivity index (χ0v) is 19.4. The van der Waals surface area contributed by atoms with E-state index in [0.717, 1.165) is 17.0 Å². The Balaban J connectivity index is 1.51. The first-order valence-electron chi connectivity index (χ1n) is 11.5. The first-order chi connectivity index (χ1) is 17.8. The number of anilines is 1. The zero-order chi connectivity index (χ0) is 26.2. The predicted octanol–water partition coefficient (Wildman–Crippen LogP) is 4.23. The van der Waals surface area contributed by atoms with E-state index in [4.69, 9.17) is 5.26 Å². The van der Waals surface area contributed by atoms with Crippen LogP contribution in [0.2, 0.25) is 0 Å². The average Bonchev–Trinajstić information content (AvgIpc) is 3.51. The number of nitriles is 1. The number of rotatable bonds is 6. The molecule has 2 aliphatic heterocycles. The summed E-state index contributed by atoms with van der Waals surface area (Å²) >= 11 is 0. The number of carbonyl (C=O) groups excluding carboxylic acids is 2. The highest BCUT2D eigenvalue weighted by molar-refractivity contribution is 6.07. The van der Waals surface area contributed by atoms with E-state index < -0.39 is 23.8 Å². The predicted molar refractivity (Wildman–Crippen MR) is 127 cm³/mol. The van der Waals surface area contributed by atoms with Crippen LogP contribution < -0.4 is 10.2 Å². The summed E-state index contributed by atoms with van der Waals surface area (Å²) in [5.41, 5.74) is 0.776. The summed E-state index contributed by atoms with van der Waals surface area (Å²) in [5, 5.41) is 11.9. The van der Waals surface area contributed by atoms with Crippen molar-refractivity contribution >= 4 is 17.6 Å². The molecular weight excluding hydrogens is 485 g/mol. The van der Waals surface area contributed by atoms with Gasteiger partial charge in [0.2, 0.25) is 0 Å². The summed E-state index contributed by atoms with van der Waals surface area (Å²) in [5.74, 6) is -0.299. The Hall–Kier alpha value is -4.59. The molecule has 3 heterocycles. The van der Waals surface area contributed by atoms with Crippen molar-refractivity contribution in [2.75, 3.05) is 18.0 Å². The Bertz CT molecular complexity index is 1410. The lowest BCUT2D eigenvalue weighted by molar-refractivity contribution is -0.137. The molecular formula is C26H21F3N6O2. The Morgan fingerprint density at radius 3 is 2.57 bits per heavy atom. The summed E-state index contributed by atoms with van der Waals surface area (Å²) in [6, 6.07) is 11.6. The van der Waals surface area contributed by atoms with Gasteiger partial charge in [-0.2, -0.15) is 18.4 Å². The van der Waals surface area contributed by atoms with Crippen molar-refractivity contribution in [3.63, 3.8) is 0 Å². The van der Waals surface area contributed by atoms with Crippen molar-refractivity contribution in [1.82, 2.24) is 19.8 Å². The van der Waals surface area contributed by atoms with Crippen molar-refractivity contribution < 1.29 is 22.8 Å². The number of aromatic nitrogens is 2. The maximum absolute atomic E-state index is 13.6. The second-order valence-corrected chi connectivity index (χ2v) is 8.74. The van der Waals surface area contributed by atoms with Crippen LogP contribution in [0.5, 0.6) is 0 Å². The molecule has 1 atom stereocenters. The molecule has 0 aliphatic carbocycles. The van der Waals surface area contributed by atoms with Crippen molar-refractivity contribution in [3.05, 3.63) is 95.2 Å². The van der Waals surface area contributed by atoms with Crippen LogP contribution in [0.4, 0.5) is 23.7 Å². The Morgan fingerprint density at radius 1 is 1.11 bits per heavy atom. The summed E-state index contributed by atoms with van der Waals surface area (Å²) < 4.78 is 42.1. The molecule has 0 fully saturated rings. The highest BCUT2D eigenvalue weighted by atomic mass is 19.4. The second-order valence-electron chi connectivity index (χ2n) is 8.74. The van der Waals surface area contributed by atoms with Crippen LogP contribution in [0, 0.1) is 11.3 Å². The number of nitrogens with one attached hydrogen (secondary N) is 1. The van der Waals surface area contributed by atoms with Crippen molar-refractivity contribution in [2.45, 2.75) is 25.2 Å². The number of carbonyl (C=O) groups is 2. The molecule has 8 nitrogen and oxygen atoms in total. The Kier molecular flexibility index (Phi) is 6.17. The first kappa shape index (κ1) is 24.1. The van der Waals surface area contributed by atoms with Gasteiger partial charge in [0.15, 0.2) is 0 Å². The molecule has 1 N–H and O–H groups in total. The summed E-state index contributed by atoms with van der Waals surface area (Å²) in [6.07, 6.45) is 1.18. The van der Waals surface area contributed by atoms with Crippen molar-refractivity contribution in [2.24, 2.45) is 0 Å². The van der Waals surface area contributed by atoms with Gasteiger partial charge in [-0.25, -0.2) is 9.78 Å². The molecule has 3 aromatic rings. The van der Waals surface area contributed by atoms with E-state index in [1.807, 2.05) is 16.8 Å². The molecule has 2 aromatic carbocycles. The lowest BCUT2D eigenvalue weighted by Crippen LogP contribution is -2.47. The van der Waals surface area contributed by atoms with E-state index >= 15 is 0 Å². The highest BCUT2D eigenvalue weighted by Crippen LogP contribution is 2.40. The van der Waals surface area contributed by atoms with Gasteiger partial charge in [0.25, 0.3) is 5.91 Å². The van der Waals surface area contributed by atoms with Gasteiger partial charge in [0.05, 0.1) is 53.1 Å². The van der Waals surface area contributed by atoms with Crippen LogP contribution in [0.3, 0.4) is 0 Å². The number of benzene rings is 2. The number of nitrogens with zero attached hydrogens (tertiary/aromatic N) is 5. The SMILES string of the molecule is N#Cc1ccc([C@H]2NC(=O)N(c3cccc(C(F)(F)F)c3)C3=C2C(=O)N(CCCn2ccnc2)C3)cc1. The largest absolute Gasteiger partial charge is 0.416 e. The average molecular weight is 506 g/mol. The van der Waals surface area contributed by atoms with E-state index in [1.54, 1.807) is 41.7 Å². The third kappa shape index (κ3) is 4.65. The minimum atomic E-state index is -4.59. The van der Waals surface area contributed by atoms with E-state index in [2.05, 4.69) is 10.3 Å². The summed E-state index contributed by atoms with van der Waals surface area (Å²) in [6.45, 7) is 1.09. The first-order valence-corrected chi connectivity index (χ1v) is 11.5. The number of imidazole rings is 1. The lowest BCUT2D eigenvalue weighted by atomic mass is 9.94. The minimum absolute atomic E-state index is 0.0196. The van der Waals surface area contributed by atoms with Gasteiger partial charge in [-0.3, -0.25) is 9.69 Å². The van der Waals surface area contributed by atoms with Gasteiger partial charge in [0.1, 0.15) is 0 Å². The molecule has 0 saturated heterocycles. The van der Waals surface area contributed by atoms with Gasteiger partial charge in [-0.05, 0) is 42.3 Å². The fourth-order valence-electron chi connectivity index (χ4n) is 4.63. The quantitative estimate of drug-likeness (QED) is 0.542. The fourth-order valence-corrected chi connectivity index (χ4v) is 4.63. The smallest absolute Gasteiger partial charge is 0.337 e. The van der Waals surface area contributed by atoms with Crippen LogP contribution in [-0.2, 0) is 17.5 Å². The van der Waals surface area contributed by atoms with Gasteiger partial charge in [-0.15, -0.1) is 0 Å². The van der Waals surface area contributed by atoms with Gasteiger partial charge < -0.3 is 14.8 Å². The normalized spacial score (nSPS) is 17.6. The van der Waals surface area contributed by atoms with Crippen LogP contribution in [0.1, 0.15) is 29.2 Å². The third-order valence-corrected chi connectivity index (χ3v) is 6.41. The van der Waals surface area contributed by atoms with E-state index in [9.17, 15) is 22.8 Å². The molecule has 3 amide bonds. The Labute approximate surface area is 210 Å². The van der Waals surface area contributed by atoms with Crippen molar-refractivity contribution in [1.29, 1.82) is 5.26 Å². The molecule has 37 heavy (non-hydrogen) atoms. The molecule has 5 rings (SSSR count). The van der Waals surface area contributed by atoms with Gasteiger partial charge in [0, 0.05) is 25.5 Å². The number of alkyl halides is 3. The molecule has 0 spiro atoms. The number of halogens is 3. The fraction of sp³-hybridized carbons (Fsp3) is 0.231. The third-order valence-electron chi connectivity index (χ3n) is 6.41. The van der Waals surface area contributed by atoms with Crippen LogP contribution >= 0.6 is 0 Å². The molecule has 1 aromatic heterocycles. The van der Waals surface area contributed by atoms with Gasteiger partial charge in [-0.1, -0.05) is 18.2 Å². The molecule has 0 radical (unpaired) electrons. The zero-order valence-electron chi connectivity index (χ0n) is 19.4. The number of hydrogen-bond donors (Lipinski definition) is 1. The molecule has 0 unspecified atom stereocenters. The topological polar surface area (TPSA) is 94.3 Å². The summed E-state index contributed by atoms with van der Waals surface area (Å²) in [7, 11) is 0. The molecule has 0 saturated carbocycles. The Morgan fingerprint density at radius 2 is 1.89 bits per heavy atom. The lowest BCUT2D eigenvalue weighted by Gasteiger charge is -2.33. The molecule has 188 valence electrons. The number of amides is 3. The monoisotopic (exact) mass is 506 g/mol. The maximum atomic E-state index is 13.6.